The largest absolute Gasteiger partial charge is 0.481 e. The monoisotopic (exact) mass is 226 g/mol. The summed E-state index contributed by atoms with van der Waals surface area (Å²) in [5.74, 6) is -2.55. The third-order valence-corrected chi connectivity index (χ3v) is 2.41. The number of aliphatic carboxylic acids is 2. The third-order valence-electron chi connectivity index (χ3n) is 2.41. The number of hydrogen-bond acceptors (Lipinski definition) is 3. The van der Waals surface area contributed by atoms with Crippen LogP contribution in [0.25, 0.3) is 0 Å². The van der Waals surface area contributed by atoms with Gasteiger partial charge in [0.05, 0.1) is 19.0 Å². The lowest BCUT2D eigenvalue weighted by Gasteiger charge is -2.14. The number of carbonyl (C=O) groups is 2. The van der Waals surface area contributed by atoms with E-state index in [0.717, 1.165) is 5.56 Å². The molecule has 1 rings (SSSR count). The Morgan fingerprint density at radius 3 is 2.19 bits per heavy atom. The molecule has 0 spiro atoms. The number of hydrogen-bond donors (Lipinski definition) is 2. The van der Waals surface area contributed by atoms with Gasteiger partial charge in [0.1, 0.15) is 0 Å². The molecule has 0 fully saturated rings. The summed E-state index contributed by atoms with van der Waals surface area (Å²) in [7, 11) is 1.68. The van der Waals surface area contributed by atoms with Gasteiger partial charge in [-0.25, -0.2) is 0 Å². The maximum absolute atomic E-state index is 10.7. The lowest BCUT2D eigenvalue weighted by atomic mass is 9.95. The third kappa shape index (κ3) is 2.82. The zero-order valence-corrected chi connectivity index (χ0v) is 9.17. The Morgan fingerprint density at radius 2 is 1.88 bits per heavy atom. The molecule has 1 heterocycles. The van der Waals surface area contributed by atoms with Gasteiger partial charge in [0.15, 0.2) is 0 Å². The molecule has 16 heavy (non-hydrogen) atoms. The fourth-order valence-corrected chi connectivity index (χ4v) is 1.83. The molecule has 6 nitrogen and oxygen atoms in total. The Balaban J connectivity index is 3.00. The van der Waals surface area contributed by atoms with Gasteiger partial charge in [-0.1, -0.05) is 0 Å². The van der Waals surface area contributed by atoms with Gasteiger partial charge in [-0.2, -0.15) is 5.10 Å². The Hall–Kier alpha value is -1.85. The van der Waals surface area contributed by atoms with Gasteiger partial charge in [0.2, 0.25) is 0 Å². The summed E-state index contributed by atoms with van der Waals surface area (Å²) in [6.07, 6.45) is 1.20. The first-order valence-electron chi connectivity index (χ1n) is 4.84. The molecule has 0 radical (unpaired) electrons. The van der Waals surface area contributed by atoms with Crippen LogP contribution < -0.4 is 0 Å². The first-order chi connectivity index (χ1) is 7.41. The summed E-state index contributed by atoms with van der Waals surface area (Å²) in [5.41, 5.74) is 1.49. The molecule has 1 aromatic heterocycles. The lowest BCUT2D eigenvalue weighted by Crippen LogP contribution is -2.15. The molecule has 0 saturated heterocycles. The van der Waals surface area contributed by atoms with Crippen LogP contribution in [-0.2, 0) is 16.6 Å². The second kappa shape index (κ2) is 4.78. The molecule has 88 valence electrons. The molecule has 1 aromatic rings. The van der Waals surface area contributed by atoms with E-state index >= 15 is 0 Å². The van der Waals surface area contributed by atoms with Crippen LogP contribution in [0.15, 0.2) is 6.20 Å². The van der Waals surface area contributed by atoms with Crippen LogP contribution in [-0.4, -0.2) is 31.9 Å². The van der Waals surface area contributed by atoms with Crippen molar-refractivity contribution in [1.29, 1.82) is 0 Å². The summed E-state index contributed by atoms with van der Waals surface area (Å²) in [5, 5.41) is 21.5. The zero-order chi connectivity index (χ0) is 12.3. The maximum Gasteiger partial charge on any atom is 0.304 e. The number of aryl methyl sites for hydroxylation is 2. The van der Waals surface area contributed by atoms with Crippen molar-refractivity contribution in [2.24, 2.45) is 7.05 Å². The Labute approximate surface area is 92.5 Å². The van der Waals surface area contributed by atoms with Crippen LogP contribution in [0.1, 0.15) is 30.0 Å². The van der Waals surface area contributed by atoms with E-state index in [2.05, 4.69) is 5.10 Å². The summed E-state index contributed by atoms with van der Waals surface area (Å²) in [4.78, 5) is 21.4. The van der Waals surface area contributed by atoms with E-state index in [-0.39, 0.29) is 12.8 Å². The minimum atomic E-state index is -1.01. The molecular formula is C10H14N2O4. The molecule has 0 aliphatic rings. The molecule has 0 unspecified atom stereocenters. The predicted octanol–water partition coefficient (Wildman–Crippen LogP) is 0.762. The van der Waals surface area contributed by atoms with Crippen LogP contribution in [0, 0.1) is 6.92 Å². The van der Waals surface area contributed by atoms with Crippen molar-refractivity contribution in [3.8, 4) is 0 Å². The second-order valence-corrected chi connectivity index (χ2v) is 3.73. The lowest BCUT2D eigenvalue weighted by molar-refractivity contribution is -0.139. The SMILES string of the molecule is Cc1cnn(C)c1C(CC(=O)O)CC(=O)O. The summed E-state index contributed by atoms with van der Waals surface area (Å²) in [6, 6.07) is 0. The average molecular weight is 226 g/mol. The van der Waals surface area contributed by atoms with Gasteiger partial charge in [0, 0.05) is 18.7 Å². The topological polar surface area (TPSA) is 92.4 Å². The standard InChI is InChI=1S/C10H14N2O4/c1-6-5-11-12(2)10(6)7(3-8(13)14)4-9(15)16/h5,7H,3-4H2,1-2H3,(H,13,14)(H,15,16). The highest BCUT2D eigenvalue weighted by atomic mass is 16.4. The van der Waals surface area contributed by atoms with Crippen molar-refractivity contribution >= 4 is 11.9 Å². The molecule has 0 aliphatic carbocycles. The predicted molar refractivity (Wildman–Crippen MR) is 55.2 cm³/mol. The molecular weight excluding hydrogens is 212 g/mol. The van der Waals surface area contributed by atoms with Crippen molar-refractivity contribution in [2.45, 2.75) is 25.7 Å². The number of aromatic nitrogens is 2. The van der Waals surface area contributed by atoms with Crippen LogP contribution in [0.3, 0.4) is 0 Å². The van der Waals surface area contributed by atoms with Crippen molar-refractivity contribution < 1.29 is 19.8 Å². The Morgan fingerprint density at radius 1 is 1.38 bits per heavy atom. The highest BCUT2D eigenvalue weighted by Gasteiger charge is 2.23. The quantitative estimate of drug-likeness (QED) is 0.773. The number of nitrogens with zero attached hydrogens (tertiary/aromatic N) is 2. The Bertz CT molecular complexity index is 375. The van der Waals surface area contributed by atoms with Crippen molar-refractivity contribution in [1.82, 2.24) is 9.78 Å². The molecule has 0 aliphatic heterocycles. The first-order valence-corrected chi connectivity index (χ1v) is 4.84. The molecule has 0 saturated carbocycles. The number of rotatable bonds is 5. The van der Waals surface area contributed by atoms with Gasteiger partial charge in [-0.3, -0.25) is 14.3 Å². The zero-order valence-electron chi connectivity index (χ0n) is 9.17. The van der Waals surface area contributed by atoms with Crippen LogP contribution in [0.4, 0.5) is 0 Å². The van der Waals surface area contributed by atoms with E-state index < -0.39 is 17.9 Å². The highest BCUT2D eigenvalue weighted by molar-refractivity contribution is 5.72. The van der Waals surface area contributed by atoms with Gasteiger partial charge in [-0.15, -0.1) is 0 Å². The van der Waals surface area contributed by atoms with Crippen LogP contribution >= 0.6 is 0 Å². The number of carboxylic acids is 2. The molecule has 6 heteroatoms. The summed E-state index contributed by atoms with van der Waals surface area (Å²) >= 11 is 0. The maximum atomic E-state index is 10.7. The molecule has 0 atom stereocenters. The molecule has 0 aromatic carbocycles. The molecule has 0 amide bonds. The minimum absolute atomic E-state index is 0.202. The summed E-state index contributed by atoms with van der Waals surface area (Å²) in [6.45, 7) is 1.79. The van der Waals surface area contributed by atoms with E-state index in [1.54, 1.807) is 20.2 Å². The van der Waals surface area contributed by atoms with E-state index in [1.165, 1.54) is 4.68 Å². The minimum Gasteiger partial charge on any atom is -0.481 e. The van der Waals surface area contributed by atoms with E-state index in [0.29, 0.717) is 5.69 Å². The van der Waals surface area contributed by atoms with Gasteiger partial charge >= 0.3 is 11.9 Å². The van der Waals surface area contributed by atoms with Gasteiger partial charge < -0.3 is 10.2 Å². The van der Waals surface area contributed by atoms with Crippen molar-refractivity contribution in [3.63, 3.8) is 0 Å². The van der Waals surface area contributed by atoms with Gasteiger partial charge in [-0.05, 0) is 12.5 Å². The highest BCUT2D eigenvalue weighted by Crippen LogP contribution is 2.25. The van der Waals surface area contributed by atoms with Gasteiger partial charge in [0.25, 0.3) is 0 Å². The number of carboxylic acid groups (broad SMARTS) is 2. The van der Waals surface area contributed by atoms with Crippen molar-refractivity contribution in [3.05, 3.63) is 17.5 Å². The van der Waals surface area contributed by atoms with Crippen LogP contribution in [0.5, 0.6) is 0 Å². The van der Waals surface area contributed by atoms with E-state index in [1.807, 2.05) is 0 Å². The second-order valence-electron chi connectivity index (χ2n) is 3.73. The normalized spacial score (nSPS) is 10.7. The fourth-order valence-electron chi connectivity index (χ4n) is 1.83. The van der Waals surface area contributed by atoms with Crippen molar-refractivity contribution in [2.75, 3.05) is 0 Å². The smallest absolute Gasteiger partial charge is 0.304 e. The van der Waals surface area contributed by atoms with E-state index in [9.17, 15) is 9.59 Å². The molecule has 0 bridgehead atoms. The first kappa shape index (κ1) is 12.2. The average Bonchev–Trinajstić information content (AvgIpc) is 2.43. The molecule has 2 N–H and O–H groups in total. The van der Waals surface area contributed by atoms with Crippen LogP contribution in [0.2, 0.25) is 0 Å². The Kier molecular flexibility index (Phi) is 3.65. The van der Waals surface area contributed by atoms with E-state index in [4.69, 9.17) is 10.2 Å². The summed E-state index contributed by atoms with van der Waals surface area (Å²) < 4.78 is 1.53. The fraction of sp³-hybridized carbons (Fsp3) is 0.500.